The number of aliphatic hydroxyl groups is 2. The summed E-state index contributed by atoms with van der Waals surface area (Å²) < 4.78 is 0. The molecule has 0 amide bonds. The maximum atomic E-state index is 10.2. The van der Waals surface area contributed by atoms with Crippen LogP contribution in [0, 0.1) is 0 Å². The number of nitrogens with zero attached hydrogens (tertiary/aromatic N) is 2. The van der Waals surface area contributed by atoms with E-state index in [0.29, 0.717) is 12.2 Å². The van der Waals surface area contributed by atoms with E-state index >= 15 is 0 Å². The van der Waals surface area contributed by atoms with Crippen LogP contribution in [0.2, 0.25) is 0 Å². The zero-order valence-corrected chi connectivity index (χ0v) is 10.9. The van der Waals surface area contributed by atoms with Crippen LogP contribution >= 0.6 is 0 Å². The van der Waals surface area contributed by atoms with E-state index in [-0.39, 0.29) is 6.61 Å². The van der Waals surface area contributed by atoms with Gasteiger partial charge in [0.15, 0.2) is 0 Å². The molecule has 2 rings (SSSR count). The molecule has 1 atom stereocenters. The number of rotatable bonds is 5. The van der Waals surface area contributed by atoms with Crippen LogP contribution in [0.25, 0.3) is 0 Å². The summed E-state index contributed by atoms with van der Waals surface area (Å²) in [5, 5.41) is 19.2. The summed E-state index contributed by atoms with van der Waals surface area (Å²) in [4.78, 5) is 5.98. The van der Waals surface area contributed by atoms with Crippen molar-refractivity contribution in [2.24, 2.45) is 0 Å². The maximum Gasteiger partial charge on any atom is 0.0964 e. The summed E-state index contributed by atoms with van der Waals surface area (Å²) in [7, 11) is 1.91. The molecule has 2 N–H and O–H groups in total. The summed E-state index contributed by atoms with van der Waals surface area (Å²) in [5.41, 5.74) is 2.44. The zero-order valence-electron chi connectivity index (χ0n) is 10.9. The maximum absolute atomic E-state index is 10.2. The highest BCUT2D eigenvalue weighted by Crippen LogP contribution is 2.18. The second-order valence-corrected chi connectivity index (χ2v) is 4.47. The molecule has 19 heavy (non-hydrogen) atoms. The second kappa shape index (κ2) is 6.31. The minimum atomic E-state index is -0.544. The fourth-order valence-electron chi connectivity index (χ4n) is 1.93. The Kier molecular flexibility index (Phi) is 4.49. The van der Waals surface area contributed by atoms with Gasteiger partial charge >= 0.3 is 0 Å². The fraction of sp³-hybridized carbons (Fsp3) is 0.267. The molecule has 0 radical (unpaired) electrons. The molecule has 0 aliphatic rings. The average molecular weight is 258 g/mol. The molecule has 100 valence electrons. The number of benzene rings is 1. The molecule has 0 aliphatic carbocycles. The monoisotopic (exact) mass is 258 g/mol. The van der Waals surface area contributed by atoms with Gasteiger partial charge in [0.1, 0.15) is 0 Å². The number of hydrogen-bond donors (Lipinski definition) is 2. The molecule has 4 heteroatoms. The number of likely N-dealkylation sites (N-methyl/N-ethyl adjacent to an activating group) is 1. The van der Waals surface area contributed by atoms with Crippen molar-refractivity contribution in [3.63, 3.8) is 0 Å². The second-order valence-electron chi connectivity index (χ2n) is 4.47. The van der Waals surface area contributed by atoms with Crippen molar-refractivity contribution in [3.05, 3.63) is 59.9 Å². The normalized spacial score (nSPS) is 12.2. The van der Waals surface area contributed by atoms with Crippen molar-refractivity contribution >= 4 is 5.69 Å². The van der Waals surface area contributed by atoms with E-state index in [2.05, 4.69) is 4.98 Å². The van der Waals surface area contributed by atoms with Crippen LogP contribution in [0.15, 0.2) is 48.7 Å². The van der Waals surface area contributed by atoms with E-state index in [4.69, 9.17) is 5.11 Å². The number of hydrogen-bond acceptors (Lipinski definition) is 4. The SMILES string of the molecule is CN(CC(O)c1ccccc1)c1ccnc(CO)c1. The Hall–Kier alpha value is -1.91. The average Bonchev–Trinajstić information content (AvgIpc) is 2.48. The summed E-state index contributed by atoms with van der Waals surface area (Å²) in [5.74, 6) is 0. The van der Waals surface area contributed by atoms with Crippen LogP contribution < -0.4 is 4.90 Å². The lowest BCUT2D eigenvalue weighted by Crippen LogP contribution is -2.24. The quantitative estimate of drug-likeness (QED) is 0.857. The third-order valence-electron chi connectivity index (χ3n) is 3.03. The Morgan fingerprint density at radius 2 is 1.95 bits per heavy atom. The van der Waals surface area contributed by atoms with Gasteiger partial charge in [-0.15, -0.1) is 0 Å². The van der Waals surface area contributed by atoms with Crippen molar-refractivity contribution in [1.82, 2.24) is 4.98 Å². The molecule has 0 spiro atoms. The van der Waals surface area contributed by atoms with E-state index in [0.717, 1.165) is 11.3 Å². The summed E-state index contributed by atoms with van der Waals surface area (Å²) >= 11 is 0. The van der Waals surface area contributed by atoms with Gasteiger partial charge < -0.3 is 15.1 Å². The first-order valence-corrected chi connectivity index (χ1v) is 6.20. The van der Waals surface area contributed by atoms with E-state index in [1.165, 1.54) is 0 Å². The third-order valence-corrected chi connectivity index (χ3v) is 3.03. The summed E-state index contributed by atoms with van der Waals surface area (Å²) in [6.45, 7) is 0.405. The summed E-state index contributed by atoms with van der Waals surface area (Å²) in [6, 6.07) is 13.2. The van der Waals surface area contributed by atoms with Gasteiger partial charge in [-0.05, 0) is 17.7 Å². The molecule has 0 fully saturated rings. The molecule has 0 saturated carbocycles. The predicted molar refractivity (Wildman–Crippen MR) is 74.8 cm³/mol. The first-order chi connectivity index (χ1) is 9.20. The van der Waals surface area contributed by atoms with Crippen molar-refractivity contribution in [2.45, 2.75) is 12.7 Å². The van der Waals surface area contributed by atoms with Crippen LogP contribution in [0.3, 0.4) is 0 Å². The van der Waals surface area contributed by atoms with Gasteiger partial charge in [0.25, 0.3) is 0 Å². The Labute approximate surface area is 113 Å². The van der Waals surface area contributed by atoms with Crippen LogP contribution in [0.1, 0.15) is 17.4 Å². The number of anilines is 1. The van der Waals surface area contributed by atoms with Crippen molar-refractivity contribution in [1.29, 1.82) is 0 Å². The van der Waals surface area contributed by atoms with Crippen molar-refractivity contribution < 1.29 is 10.2 Å². The molecule has 0 bridgehead atoms. The molecular weight excluding hydrogens is 240 g/mol. The van der Waals surface area contributed by atoms with Crippen molar-refractivity contribution in [3.8, 4) is 0 Å². The highest BCUT2D eigenvalue weighted by atomic mass is 16.3. The molecule has 2 aromatic rings. The highest BCUT2D eigenvalue weighted by Gasteiger charge is 2.11. The first kappa shape index (κ1) is 13.5. The van der Waals surface area contributed by atoms with Crippen LogP contribution in [0.4, 0.5) is 5.69 Å². The standard InChI is InChI=1S/C15H18N2O2/c1-17(14-7-8-16-13(9-14)11-18)10-15(19)12-5-3-2-4-6-12/h2-9,15,18-19H,10-11H2,1H3. The minimum absolute atomic E-state index is 0.0804. The number of pyridine rings is 1. The molecule has 1 heterocycles. The molecule has 4 nitrogen and oxygen atoms in total. The molecule has 0 saturated heterocycles. The van der Waals surface area contributed by atoms with E-state index < -0.39 is 6.10 Å². The molecule has 1 aromatic carbocycles. The lowest BCUT2D eigenvalue weighted by molar-refractivity contribution is 0.185. The molecule has 1 aromatic heterocycles. The topological polar surface area (TPSA) is 56.6 Å². The van der Waals surface area contributed by atoms with Crippen LogP contribution in [-0.2, 0) is 6.61 Å². The van der Waals surface area contributed by atoms with Crippen LogP contribution in [-0.4, -0.2) is 28.8 Å². The van der Waals surface area contributed by atoms with Gasteiger partial charge in [0, 0.05) is 25.5 Å². The Balaban J connectivity index is 2.06. The van der Waals surface area contributed by atoms with E-state index in [1.807, 2.05) is 54.4 Å². The highest BCUT2D eigenvalue weighted by molar-refractivity contribution is 5.46. The zero-order chi connectivity index (χ0) is 13.7. The number of aromatic nitrogens is 1. The first-order valence-electron chi connectivity index (χ1n) is 6.20. The van der Waals surface area contributed by atoms with Gasteiger partial charge in [-0.1, -0.05) is 30.3 Å². The van der Waals surface area contributed by atoms with Gasteiger partial charge in [0.05, 0.1) is 18.4 Å². The smallest absolute Gasteiger partial charge is 0.0964 e. The molecular formula is C15H18N2O2. The summed E-state index contributed by atoms with van der Waals surface area (Å²) in [6.07, 6.45) is 1.11. The predicted octanol–water partition coefficient (Wildman–Crippen LogP) is 1.74. The van der Waals surface area contributed by atoms with Gasteiger partial charge in [-0.3, -0.25) is 4.98 Å². The third kappa shape index (κ3) is 3.53. The Morgan fingerprint density at radius 3 is 2.63 bits per heavy atom. The largest absolute Gasteiger partial charge is 0.390 e. The van der Waals surface area contributed by atoms with Gasteiger partial charge in [-0.2, -0.15) is 0 Å². The minimum Gasteiger partial charge on any atom is -0.390 e. The Morgan fingerprint density at radius 1 is 1.21 bits per heavy atom. The Bertz CT molecular complexity index is 517. The fourth-order valence-corrected chi connectivity index (χ4v) is 1.93. The van der Waals surface area contributed by atoms with Gasteiger partial charge in [-0.25, -0.2) is 0 Å². The van der Waals surface area contributed by atoms with Crippen molar-refractivity contribution in [2.75, 3.05) is 18.5 Å². The number of aliphatic hydroxyl groups excluding tert-OH is 2. The lowest BCUT2D eigenvalue weighted by Gasteiger charge is -2.23. The van der Waals surface area contributed by atoms with E-state index in [1.54, 1.807) is 6.20 Å². The lowest BCUT2D eigenvalue weighted by atomic mass is 10.1. The van der Waals surface area contributed by atoms with E-state index in [9.17, 15) is 5.11 Å². The van der Waals surface area contributed by atoms with Crippen LogP contribution in [0.5, 0.6) is 0 Å². The molecule has 1 unspecified atom stereocenters. The molecule has 0 aliphatic heterocycles. The van der Waals surface area contributed by atoms with Gasteiger partial charge in [0.2, 0.25) is 0 Å².